The Bertz CT molecular complexity index is 580. The third-order valence-electron chi connectivity index (χ3n) is 3.91. The zero-order chi connectivity index (χ0) is 16.7. The van der Waals surface area contributed by atoms with Gasteiger partial charge in [-0.3, -0.25) is 9.69 Å². The molecule has 2 N–H and O–H groups in total. The first kappa shape index (κ1) is 18.0. The molecule has 2 heterocycles. The Labute approximate surface area is 137 Å². The second kappa shape index (κ2) is 8.47. The zero-order valence-corrected chi connectivity index (χ0v) is 14.3. The highest BCUT2D eigenvalue weighted by molar-refractivity contribution is 7.88. The summed E-state index contributed by atoms with van der Waals surface area (Å²) in [6, 6.07) is 3.80. The molecule has 0 bridgehead atoms. The van der Waals surface area contributed by atoms with Crippen LogP contribution in [0.4, 0.5) is 0 Å². The molecule has 1 aromatic heterocycles. The monoisotopic (exact) mass is 343 g/mol. The summed E-state index contributed by atoms with van der Waals surface area (Å²) >= 11 is 0. The minimum atomic E-state index is -3.26. The molecule has 0 spiro atoms. The van der Waals surface area contributed by atoms with Crippen LogP contribution >= 0.6 is 0 Å². The van der Waals surface area contributed by atoms with Crippen LogP contribution in [0.15, 0.2) is 22.8 Å². The lowest BCUT2D eigenvalue weighted by atomic mass is 10.1. The minimum Gasteiger partial charge on any atom is -0.468 e. The fraction of sp³-hybridized carbons (Fsp3) is 0.667. The summed E-state index contributed by atoms with van der Waals surface area (Å²) in [6.07, 6.45) is 6.40. The number of hydrogen-bond acceptors (Lipinski definition) is 5. The maximum atomic E-state index is 11.9. The van der Waals surface area contributed by atoms with Crippen LogP contribution in [0.5, 0.6) is 0 Å². The summed E-state index contributed by atoms with van der Waals surface area (Å²) in [6.45, 7) is 2.57. The van der Waals surface area contributed by atoms with Gasteiger partial charge >= 0.3 is 0 Å². The molecule has 8 heteroatoms. The molecule has 1 atom stereocenters. The van der Waals surface area contributed by atoms with Crippen molar-refractivity contribution in [2.75, 3.05) is 32.4 Å². The maximum Gasteiger partial charge on any atom is 0.221 e. The van der Waals surface area contributed by atoms with E-state index in [9.17, 15) is 13.2 Å². The summed E-state index contributed by atoms with van der Waals surface area (Å²) in [5.41, 5.74) is 0. The van der Waals surface area contributed by atoms with E-state index in [-0.39, 0.29) is 24.9 Å². The van der Waals surface area contributed by atoms with Gasteiger partial charge in [0.2, 0.25) is 15.9 Å². The van der Waals surface area contributed by atoms with Crippen molar-refractivity contribution in [1.82, 2.24) is 14.9 Å². The van der Waals surface area contributed by atoms with Crippen LogP contribution in [-0.4, -0.2) is 51.7 Å². The van der Waals surface area contributed by atoms with E-state index in [0.29, 0.717) is 6.54 Å². The van der Waals surface area contributed by atoms with Gasteiger partial charge in [-0.2, -0.15) is 0 Å². The van der Waals surface area contributed by atoms with Crippen LogP contribution in [0.1, 0.15) is 37.5 Å². The first-order chi connectivity index (χ1) is 11.0. The number of hydrogen-bond donors (Lipinski definition) is 2. The van der Waals surface area contributed by atoms with E-state index in [1.807, 2.05) is 12.1 Å². The molecular weight excluding hydrogens is 318 g/mol. The molecule has 1 amide bonds. The van der Waals surface area contributed by atoms with Crippen molar-refractivity contribution in [1.29, 1.82) is 0 Å². The van der Waals surface area contributed by atoms with Gasteiger partial charge in [0.05, 0.1) is 18.6 Å². The quantitative estimate of drug-likeness (QED) is 0.730. The molecule has 0 saturated carbocycles. The molecule has 1 aromatic rings. The average Bonchev–Trinajstić information content (AvgIpc) is 3.01. The number of piperidine rings is 1. The lowest BCUT2D eigenvalue weighted by molar-refractivity contribution is -0.121. The molecular formula is C15H25N3O4S. The Morgan fingerprint density at radius 1 is 1.35 bits per heavy atom. The Morgan fingerprint density at radius 2 is 2.09 bits per heavy atom. The first-order valence-corrected chi connectivity index (χ1v) is 9.83. The fourth-order valence-corrected chi connectivity index (χ4v) is 3.24. The van der Waals surface area contributed by atoms with Gasteiger partial charge in [0.25, 0.3) is 0 Å². The van der Waals surface area contributed by atoms with Crippen molar-refractivity contribution in [3.05, 3.63) is 24.2 Å². The van der Waals surface area contributed by atoms with Gasteiger partial charge in [0, 0.05) is 19.5 Å². The highest BCUT2D eigenvalue weighted by Crippen LogP contribution is 2.24. The number of furan rings is 1. The molecule has 1 fully saturated rings. The number of likely N-dealkylation sites (tertiary alicyclic amines) is 1. The summed E-state index contributed by atoms with van der Waals surface area (Å²) in [7, 11) is -3.26. The van der Waals surface area contributed by atoms with Crippen molar-refractivity contribution < 1.29 is 17.6 Å². The molecule has 7 nitrogen and oxygen atoms in total. The van der Waals surface area contributed by atoms with Crippen LogP contribution in [0, 0.1) is 0 Å². The van der Waals surface area contributed by atoms with E-state index in [1.54, 1.807) is 6.26 Å². The van der Waals surface area contributed by atoms with Gasteiger partial charge < -0.3 is 9.73 Å². The molecule has 0 radical (unpaired) electrons. The Kier molecular flexibility index (Phi) is 6.61. The Balaban J connectivity index is 1.84. The molecule has 2 rings (SSSR count). The predicted octanol–water partition coefficient (Wildman–Crippen LogP) is 0.862. The van der Waals surface area contributed by atoms with Crippen molar-refractivity contribution in [3.8, 4) is 0 Å². The number of amides is 1. The topological polar surface area (TPSA) is 91.6 Å². The second-order valence-corrected chi connectivity index (χ2v) is 7.68. The standard InChI is InChI=1S/C15H25N3O4S/c1-23(20,21)17-8-7-15(19)16-12-13(14-6-5-11-22-14)18-9-3-2-4-10-18/h5-6,11,13,17H,2-4,7-10,12H2,1H3,(H,16,19). The normalized spacial score (nSPS) is 17.8. The van der Waals surface area contributed by atoms with E-state index in [2.05, 4.69) is 14.9 Å². The molecule has 1 aliphatic heterocycles. The largest absolute Gasteiger partial charge is 0.468 e. The molecule has 130 valence electrons. The summed E-state index contributed by atoms with van der Waals surface area (Å²) in [5, 5.41) is 2.88. The summed E-state index contributed by atoms with van der Waals surface area (Å²) < 4.78 is 29.8. The van der Waals surface area contributed by atoms with E-state index in [4.69, 9.17) is 4.42 Å². The summed E-state index contributed by atoms with van der Waals surface area (Å²) in [4.78, 5) is 14.2. The van der Waals surface area contributed by atoms with Crippen molar-refractivity contribution in [2.45, 2.75) is 31.7 Å². The van der Waals surface area contributed by atoms with Crippen LogP contribution in [0.2, 0.25) is 0 Å². The van der Waals surface area contributed by atoms with Gasteiger partial charge in [0.1, 0.15) is 5.76 Å². The number of carbonyl (C=O) groups is 1. The average molecular weight is 343 g/mol. The zero-order valence-electron chi connectivity index (χ0n) is 13.5. The highest BCUT2D eigenvalue weighted by atomic mass is 32.2. The second-order valence-electron chi connectivity index (χ2n) is 5.85. The Hall–Kier alpha value is -1.38. The van der Waals surface area contributed by atoms with Crippen molar-refractivity contribution in [3.63, 3.8) is 0 Å². The predicted molar refractivity (Wildman–Crippen MR) is 87.3 cm³/mol. The minimum absolute atomic E-state index is 0.0251. The van der Waals surface area contributed by atoms with Gasteiger partial charge in [-0.05, 0) is 38.1 Å². The van der Waals surface area contributed by atoms with Gasteiger partial charge in [-0.15, -0.1) is 0 Å². The van der Waals surface area contributed by atoms with Crippen molar-refractivity contribution >= 4 is 15.9 Å². The van der Waals surface area contributed by atoms with Gasteiger partial charge in [-0.25, -0.2) is 13.1 Å². The number of sulfonamides is 1. The van der Waals surface area contributed by atoms with Crippen molar-refractivity contribution in [2.24, 2.45) is 0 Å². The van der Waals surface area contributed by atoms with E-state index in [1.165, 1.54) is 6.42 Å². The molecule has 1 saturated heterocycles. The van der Waals surface area contributed by atoms with Crippen LogP contribution in [0.25, 0.3) is 0 Å². The SMILES string of the molecule is CS(=O)(=O)NCCC(=O)NCC(c1ccco1)N1CCCCC1. The number of rotatable bonds is 8. The lowest BCUT2D eigenvalue weighted by Gasteiger charge is -2.33. The summed E-state index contributed by atoms with van der Waals surface area (Å²) in [5.74, 6) is 0.677. The smallest absolute Gasteiger partial charge is 0.221 e. The molecule has 23 heavy (non-hydrogen) atoms. The number of nitrogens with zero attached hydrogens (tertiary/aromatic N) is 1. The van der Waals surface area contributed by atoms with Gasteiger partial charge in [0.15, 0.2) is 0 Å². The third kappa shape index (κ3) is 6.32. The third-order valence-corrected chi connectivity index (χ3v) is 4.64. The van der Waals surface area contributed by atoms with Crippen LogP contribution in [0.3, 0.4) is 0 Å². The van der Waals surface area contributed by atoms with E-state index >= 15 is 0 Å². The highest BCUT2D eigenvalue weighted by Gasteiger charge is 2.24. The lowest BCUT2D eigenvalue weighted by Crippen LogP contribution is -2.41. The van der Waals surface area contributed by atoms with Gasteiger partial charge in [-0.1, -0.05) is 6.42 Å². The molecule has 1 aliphatic rings. The first-order valence-electron chi connectivity index (χ1n) is 7.94. The fourth-order valence-electron chi connectivity index (χ4n) is 2.77. The Morgan fingerprint density at radius 3 is 2.70 bits per heavy atom. The number of nitrogens with one attached hydrogen (secondary N) is 2. The molecule has 0 aliphatic carbocycles. The van der Waals surface area contributed by atoms with Crippen LogP contribution in [-0.2, 0) is 14.8 Å². The molecule has 1 unspecified atom stereocenters. The number of carbonyl (C=O) groups excluding carboxylic acids is 1. The van der Waals surface area contributed by atoms with Crippen LogP contribution < -0.4 is 10.0 Å². The maximum absolute atomic E-state index is 11.9. The van der Waals surface area contributed by atoms with E-state index in [0.717, 1.165) is 37.9 Å². The molecule has 0 aromatic carbocycles. The van der Waals surface area contributed by atoms with E-state index < -0.39 is 10.0 Å².